The molecular weight excluding hydrogens is 494 g/mol. The lowest BCUT2D eigenvalue weighted by Gasteiger charge is -2.28. The molecule has 192 valence electrons. The number of nitrogens with one attached hydrogen (secondary N) is 1. The van der Waals surface area contributed by atoms with E-state index in [1.165, 1.54) is 30.5 Å². The second-order valence-corrected chi connectivity index (χ2v) is 12.0. The van der Waals surface area contributed by atoms with Gasteiger partial charge in [0, 0.05) is 13.1 Å². The fraction of sp³-hybridized carbons (Fsp3) is 0.435. The van der Waals surface area contributed by atoms with Crippen LogP contribution in [0.4, 0.5) is 5.69 Å². The van der Waals surface area contributed by atoms with Gasteiger partial charge in [-0.2, -0.15) is 4.31 Å². The molecule has 0 aromatic heterocycles. The van der Waals surface area contributed by atoms with Crippen molar-refractivity contribution in [1.29, 1.82) is 0 Å². The number of anilines is 1. The number of sulfonamides is 2. The Morgan fingerprint density at radius 1 is 1.00 bits per heavy atom. The first-order chi connectivity index (χ1) is 16.5. The van der Waals surface area contributed by atoms with E-state index in [9.17, 15) is 21.6 Å². The first-order valence-electron chi connectivity index (χ1n) is 11.2. The van der Waals surface area contributed by atoms with Crippen molar-refractivity contribution in [2.24, 2.45) is 0 Å². The summed E-state index contributed by atoms with van der Waals surface area (Å²) in [4.78, 5) is 12.9. The first-order valence-corrected chi connectivity index (χ1v) is 14.5. The first kappa shape index (κ1) is 26.8. The summed E-state index contributed by atoms with van der Waals surface area (Å²) in [6.45, 7) is 2.83. The Kier molecular flexibility index (Phi) is 8.62. The molecule has 1 heterocycles. The summed E-state index contributed by atoms with van der Waals surface area (Å²) in [5.41, 5.74) is 0.344. The normalized spacial score (nSPS) is 15.4. The van der Waals surface area contributed by atoms with Gasteiger partial charge in [0.1, 0.15) is 24.1 Å². The summed E-state index contributed by atoms with van der Waals surface area (Å²) in [5, 5.41) is 2.67. The molecule has 2 aromatic rings. The molecule has 1 aliphatic rings. The van der Waals surface area contributed by atoms with Crippen molar-refractivity contribution in [3.8, 4) is 11.5 Å². The van der Waals surface area contributed by atoms with E-state index < -0.39 is 32.0 Å². The molecule has 12 heteroatoms. The zero-order chi connectivity index (χ0) is 25.6. The molecule has 0 radical (unpaired) electrons. The van der Waals surface area contributed by atoms with E-state index in [0.29, 0.717) is 30.3 Å². The van der Waals surface area contributed by atoms with Crippen LogP contribution in [0.2, 0.25) is 0 Å². The average molecular weight is 526 g/mol. The third-order valence-electron chi connectivity index (χ3n) is 5.61. The molecule has 0 bridgehead atoms. The number of hydrogen-bond donors (Lipinski definition) is 1. The van der Waals surface area contributed by atoms with E-state index in [-0.39, 0.29) is 18.0 Å². The Bertz CT molecular complexity index is 1210. The number of methoxy groups -OCH3 is 1. The third kappa shape index (κ3) is 6.65. The molecule has 2 aromatic carbocycles. The average Bonchev–Trinajstić information content (AvgIpc) is 3.38. The molecule has 1 fully saturated rings. The molecule has 10 nitrogen and oxygen atoms in total. The zero-order valence-electron chi connectivity index (χ0n) is 20.0. The number of benzene rings is 2. The highest BCUT2D eigenvalue weighted by Crippen LogP contribution is 2.24. The number of nitrogens with zero attached hydrogens (tertiary/aromatic N) is 2. The predicted octanol–water partition coefficient (Wildman–Crippen LogP) is 1.83. The van der Waals surface area contributed by atoms with Gasteiger partial charge in [-0.15, -0.1) is 0 Å². The van der Waals surface area contributed by atoms with Crippen molar-refractivity contribution in [3.63, 3.8) is 0 Å². The molecule has 1 N–H and O–H groups in total. The van der Waals surface area contributed by atoms with Crippen LogP contribution in [0.1, 0.15) is 19.8 Å². The molecule has 0 saturated carbocycles. The van der Waals surface area contributed by atoms with E-state index in [2.05, 4.69) is 5.32 Å². The van der Waals surface area contributed by atoms with Crippen LogP contribution in [0.3, 0.4) is 0 Å². The Hall–Kier alpha value is -2.83. The molecular formula is C23H31N3O7S2. The lowest BCUT2D eigenvalue weighted by atomic mass is 10.2. The number of amides is 1. The van der Waals surface area contributed by atoms with Crippen molar-refractivity contribution >= 4 is 31.6 Å². The van der Waals surface area contributed by atoms with Crippen molar-refractivity contribution < 1.29 is 31.1 Å². The maximum absolute atomic E-state index is 12.7. The zero-order valence-corrected chi connectivity index (χ0v) is 21.6. The van der Waals surface area contributed by atoms with Gasteiger partial charge in [-0.3, -0.25) is 9.10 Å². The van der Waals surface area contributed by atoms with Crippen LogP contribution in [0.5, 0.6) is 11.5 Å². The molecule has 0 aliphatic carbocycles. The highest BCUT2D eigenvalue weighted by atomic mass is 32.2. The van der Waals surface area contributed by atoms with Crippen LogP contribution >= 0.6 is 0 Å². The van der Waals surface area contributed by atoms with Crippen LogP contribution < -0.4 is 19.1 Å². The predicted molar refractivity (Wildman–Crippen MR) is 133 cm³/mol. The van der Waals surface area contributed by atoms with Crippen molar-refractivity contribution in [2.45, 2.75) is 30.7 Å². The summed E-state index contributed by atoms with van der Waals surface area (Å²) in [6.07, 6.45) is 2.78. The minimum atomic E-state index is -3.73. The quantitative estimate of drug-likeness (QED) is 0.444. The SMILES string of the molecule is COc1ccc(N([C@@H](C)C(=O)NCCOc2ccc(S(=O)(=O)N3CCCC3)cc2)S(C)(=O)=O)cc1. The van der Waals surface area contributed by atoms with Gasteiger partial charge in [-0.05, 0) is 68.3 Å². The second-order valence-electron chi connectivity index (χ2n) is 8.15. The lowest BCUT2D eigenvalue weighted by molar-refractivity contribution is -0.121. The van der Waals surface area contributed by atoms with Gasteiger partial charge in [0.05, 0.1) is 30.5 Å². The fourth-order valence-corrected chi connectivity index (χ4v) is 6.51. The van der Waals surface area contributed by atoms with Gasteiger partial charge in [0.15, 0.2) is 0 Å². The van der Waals surface area contributed by atoms with Crippen LogP contribution in [0.25, 0.3) is 0 Å². The van der Waals surface area contributed by atoms with Crippen LogP contribution in [0, 0.1) is 0 Å². The molecule has 1 atom stereocenters. The largest absolute Gasteiger partial charge is 0.497 e. The standard InChI is InChI=1S/C23H31N3O7S2/c1-18(26(34(3,28)29)19-6-8-20(32-2)9-7-19)23(27)24-14-17-33-21-10-12-22(13-11-21)35(30,31)25-15-4-5-16-25/h6-13,18H,4-5,14-17H2,1-3H3,(H,24,27)/t18-/m0/s1. The highest BCUT2D eigenvalue weighted by molar-refractivity contribution is 7.92. The van der Waals surface area contributed by atoms with E-state index in [1.54, 1.807) is 36.4 Å². The van der Waals surface area contributed by atoms with Gasteiger partial charge in [0.25, 0.3) is 0 Å². The fourth-order valence-electron chi connectivity index (χ4n) is 3.81. The van der Waals surface area contributed by atoms with Crippen molar-refractivity contribution in [1.82, 2.24) is 9.62 Å². The van der Waals surface area contributed by atoms with Crippen LogP contribution in [0.15, 0.2) is 53.4 Å². The van der Waals surface area contributed by atoms with Gasteiger partial charge in [-0.25, -0.2) is 16.8 Å². The molecule has 1 aliphatic heterocycles. The molecule has 0 spiro atoms. The Balaban J connectivity index is 1.54. The molecule has 1 amide bonds. The second kappa shape index (κ2) is 11.3. The summed E-state index contributed by atoms with van der Waals surface area (Å²) >= 11 is 0. The number of carbonyl (C=O) groups is 1. The Morgan fingerprint density at radius 3 is 2.11 bits per heavy atom. The number of hydrogen-bond acceptors (Lipinski definition) is 7. The molecule has 1 saturated heterocycles. The van der Waals surface area contributed by atoms with Crippen molar-refractivity contribution in [3.05, 3.63) is 48.5 Å². The smallest absolute Gasteiger partial charge is 0.243 e. The van der Waals surface area contributed by atoms with Crippen molar-refractivity contribution in [2.75, 3.05) is 43.9 Å². The Morgan fingerprint density at radius 2 is 1.57 bits per heavy atom. The molecule has 35 heavy (non-hydrogen) atoms. The third-order valence-corrected chi connectivity index (χ3v) is 8.77. The van der Waals surface area contributed by atoms with Gasteiger partial charge >= 0.3 is 0 Å². The maximum Gasteiger partial charge on any atom is 0.243 e. The summed E-state index contributed by atoms with van der Waals surface area (Å²) in [6, 6.07) is 11.5. The minimum absolute atomic E-state index is 0.123. The van der Waals surface area contributed by atoms with E-state index >= 15 is 0 Å². The Labute approximate surface area is 206 Å². The van der Waals surface area contributed by atoms with E-state index in [0.717, 1.165) is 23.4 Å². The molecule has 0 unspecified atom stereocenters. The number of rotatable bonds is 11. The van der Waals surface area contributed by atoms with Gasteiger partial charge in [-0.1, -0.05) is 0 Å². The van der Waals surface area contributed by atoms with E-state index in [4.69, 9.17) is 9.47 Å². The van der Waals surface area contributed by atoms with Gasteiger partial charge < -0.3 is 14.8 Å². The topological polar surface area (TPSA) is 122 Å². The number of ether oxygens (including phenoxy) is 2. The van der Waals surface area contributed by atoms with E-state index in [1.807, 2.05) is 0 Å². The number of carbonyl (C=O) groups excluding carboxylic acids is 1. The minimum Gasteiger partial charge on any atom is -0.497 e. The maximum atomic E-state index is 12.7. The van der Waals surface area contributed by atoms with Gasteiger partial charge in [0.2, 0.25) is 26.0 Å². The highest BCUT2D eigenvalue weighted by Gasteiger charge is 2.29. The summed E-state index contributed by atoms with van der Waals surface area (Å²) in [5.74, 6) is 0.545. The summed E-state index contributed by atoms with van der Waals surface area (Å²) in [7, 11) is -5.71. The summed E-state index contributed by atoms with van der Waals surface area (Å²) < 4.78 is 63.1. The lowest BCUT2D eigenvalue weighted by Crippen LogP contribution is -2.48. The van der Waals surface area contributed by atoms with Crippen LogP contribution in [-0.2, 0) is 24.8 Å². The monoisotopic (exact) mass is 525 g/mol. The molecule has 3 rings (SSSR count). The van der Waals surface area contributed by atoms with Crippen LogP contribution in [-0.4, -0.2) is 72.7 Å².